The molecule has 1 aliphatic rings. The Morgan fingerprint density at radius 3 is 2.38 bits per heavy atom. The largest absolute Gasteiger partial charge is 0.338 e. The Balaban J connectivity index is 1.62. The molecule has 1 heterocycles. The van der Waals surface area contributed by atoms with E-state index >= 15 is 0 Å². The summed E-state index contributed by atoms with van der Waals surface area (Å²) in [5.74, 6) is 0.0713. The summed E-state index contributed by atoms with van der Waals surface area (Å²) in [5.41, 5.74) is 4.65. The van der Waals surface area contributed by atoms with Crippen molar-refractivity contribution in [3.8, 4) is 0 Å². The molecule has 4 nitrogen and oxygen atoms in total. The molecule has 4 heteroatoms. The Morgan fingerprint density at radius 2 is 1.73 bits per heavy atom. The second-order valence-electron chi connectivity index (χ2n) is 6.77. The molecule has 136 valence electrons. The van der Waals surface area contributed by atoms with Gasteiger partial charge in [-0.05, 0) is 41.7 Å². The van der Waals surface area contributed by atoms with Crippen molar-refractivity contribution >= 4 is 17.5 Å². The lowest BCUT2D eigenvalue weighted by Crippen LogP contribution is -2.39. The molecular formula is C22H26N2O2. The van der Waals surface area contributed by atoms with E-state index in [1.807, 2.05) is 41.3 Å². The van der Waals surface area contributed by atoms with E-state index < -0.39 is 0 Å². The van der Waals surface area contributed by atoms with E-state index in [0.29, 0.717) is 19.5 Å². The van der Waals surface area contributed by atoms with Crippen LogP contribution in [0.5, 0.6) is 0 Å². The van der Waals surface area contributed by atoms with Crippen LogP contribution in [-0.2, 0) is 29.0 Å². The van der Waals surface area contributed by atoms with Crippen LogP contribution < -0.4 is 4.90 Å². The van der Waals surface area contributed by atoms with Gasteiger partial charge in [0.1, 0.15) is 0 Å². The van der Waals surface area contributed by atoms with Crippen LogP contribution in [0.15, 0.2) is 48.5 Å². The number of amides is 2. The zero-order valence-electron chi connectivity index (χ0n) is 15.6. The van der Waals surface area contributed by atoms with Gasteiger partial charge in [0.05, 0.1) is 0 Å². The minimum Gasteiger partial charge on any atom is -0.338 e. The van der Waals surface area contributed by atoms with Crippen LogP contribution >= 0.6 is 0 Å². The fourth-order valence-electron chi connectivity index (χ4n) is 3.45. The van der Waals surface area contributed by atoms with Gasteiger partial charge in [-0.15, -0.1) is 0 Å². The number of fused-ring (bicyclic) bond motifs is 1. The number of rotatable bonds is 5. The summed E-state index contributed by atoms with van der Waals surface area (Å²) in [7, 11) is 0. The number of carbonyl (C=O) groups excluding carboxylic acids is 2. The summed E-state index contributed by atoms with van der Waals surface area (Å²) in [5, 5.41) is 0. The third-order valence-corrected chi connectivity index (χ3v) is 5.07. The smallest absolute Gasteiger partial charge is 0.224 e. The molecule has 26 heavy (non-hydrogen) atoms. The minimum atomic E-state index is -0.0361. The molecule has 2 aromatic carbocycles. The second-order valence-corrected chi connectivity index (χ2v) is 6.77. The number of hydrogen-bond donors (Lipinski definition) is 0. The highest BCUT2D eigenvalue weighted by Crippen LogP contribution is 2.20. The summed E-state index contributed by atoms with van der Waals surface area (Å²) < 4.78 is 0. The zero-order valence-corrected chi connectivity index (χ0v) is 15.6. The summed E-state index contributed by atoms with van der Waals surface area (Å²) in [6, 6.07) is 16.3. The normalized spacial score (nSPS) is 13.2. The number of carbonyl (C=O) groups is 2. The monoisotopic (exact) mass is 350 g/mol. The molecule has 0 unspecified atom stereocenters. The van der Waals surface area contributed by atoms with Crippen LogP contribution in [0.1, 0.15) is 37.0 Å². The molecule has 0 radical (unpaired) electrons. The van der Waals surface area contributed by atoms with Gasteiger partial charge in [-0.1, -0.05) is 43.3 Å². The molecule has 1 aliphatic heterocycles. The van der Waals surface area contributed by atoms with Gasteiger partial charge in [0.25, 0.3) is 0 Å². The van der Waals surface area contributed by atoms with Crippen LogP contribution in [-0.4, -0.2) is 29.8 Å². The van der Waals surface area contributed by atoms with Gasteiger partial charge < -0.3 is 9.80 Å². The second kappa shape index (κ2) is 8.17. The summed E-state index contributed by atoms with van der Waals surface area (Å²) in [6.45, 7) is 5.49. The van der Waals surface area contributed by atoms with Crippen LogP contribution in [0.2, 0.25) is 0 Å². The van der Waals surface area contributed by atoms with E-state index in [9.17, 15) is 9.59 Å². The van der Waals surface area contributed by atoms with E-state index in [2.05, 4.69) is 19.1 Å². The van der Waals surface area contributed by atoms with E-state index in [4.69, 9.17) is 0 Å². The number of hydrogen-bond acceptors (Lipinski definition) is 2. The van der Waals surface area contributed by atoms with Crippen LogP contribution in [0.4, 0.5) is 5.69 Å². The van der Waals surface area contributed by atoms with Crippen molar-refractivity contribution in [1.82, 2.24) is 4.90 Å². The Kier molecular flexibility index (Phi) is 5.71. The maximum absolute atomic E-state index is 12.7. The Labute approximate surface area is 155 Å². The fourth-order valence-corrected chi connectivity index (χ4v) is 3.45. The van der Waals surface area contributed by atoms with Crippen molar-refractivity contribution in [2.45, 2.75) is 39.7 Å². The highest BCUT2D eigenvalue weighted by atomic mass is 16.2. The molecule has 0 fully saturated rings. The lowest BCUT2D eigenvalue weighted by atomic mass is 10.00. The van der Waals surface area contributed by atoms with Crippen molar-refractivity contribution < 1.29 is 9.59 Å². The standard InChI is InChI=1S/C22H26N2O2/c1-3-18-8-10-21(11-9-18)24(17(2)25)15-13-22(26)23-14-12-19-6-4-5-7-20(19)16-23/h4-11H,3,12-16H2,1-2H3. The van der Waals surface area contributed by atoms with Crippen LogP contribution in [0, 0.1) is 0 Å². The van der Waals surface area contributed by atoms with Gasteiger partial charge in [-0.2, -0.15) is 0 Å². The van der Waals surface area contributed by atoms with Gasteiger partial charge in [0.2, 0.25) is 11.8 Å². The maximum atomic E-state index is 12.7. The maximum Gasteiger partial charge on any atom is 0.224 e. The number of aryl methyl sites for hydroxylation is 1. The Hall–Kier alpha value is -2.62. The van der Waals surface area contributed by atoms with Gasteiger partial charge in [0, 0.05) is 38.7 Å². The summed E-state index contributed by atoms with van der Waals surface area (Å²) in [4.78, 5) is 28.3. The van der Waals surface area contributed by atoms with E-state index in [1.54, 1.807) is 11.8 Å². The number of anilines is 1. The van der Waals surface area contributed by atoms with E-state index in [1.165, 1.54) is 16.7 Å². The van der Waals surface area contributed by atoms with E-state index in [-0.39, 0.29) is 11.8 Å². The average Bonchev–Trinajstić information content (AvgIpc) is 2.67. The molecule has 0 bridgehead atoms. The van der Waals surface area contributed by atoms with Gasteiger partial charge in [-0.25, -0.2) is 0 Å². The fraction of sp³-hybridized carbons (Fsp3) is 0.364. The van der Waals surface area contributed by atoms with Crippen molar-refractivity contribution in [1.29, 1.82) is 0 Å². The minimum absolute atomic E-state index is 0.0361. The molecular weight excluding hydrogens is 324 g/mol. The summed E-state index contributed by atoms with van der Waals surface area (Å²) in [6.07, 6.45) is 2.21. The van der Waals surface area contributed by atoms with Crippen molar-refractivity contribution in [3.63, 3.8) is 0 Å². The summed E-state index contributed by atoms with van der Waals surface area (Å²) >= 11 is 0. The molecule has 0 atom stereocenters. The first kappa shape index (κ1) is 18.2. The molecule has 0 spiro atoms. The molecule has 3 rings (SSSR count). The number of benzene rings is 2. The van der Waals surface area contributed by atoms with Crippen LogP contribution in [0.25, 0.3) is 0 Å². The average molecular weight is 350 g/mol. The van der Waals surface area contributed by atoms with Gasteiger partial charge in [-0.3, -0.25) is 9.59 Å². The first-order valence-corrected chi connectivity index (χ1v) is 9.30. The molecule has 0 saturated carbocycles. The highest BCUT2D eigenvalue weighted by Gasteiger charge is 2.21. The topological polar surface area (TPSA) is 40.6 Å². The van der Waals surface area contributed by atoms with Crippen molar-refractivity contribution in [3.05, 3.63) is 65.2 Å². The molecule has 2 amide bonds. The molecule has 2 aromatic rings. The van der Waals surface area contributed by atoms with Crippen molar-refractivity contribution in [2.75, 3.05) is 18.0 Å². The van der Waals surface area contributed by atoms with Crippen molar-refractivity contribution in [2.24, 2.45) is 0 Å². The quantitative estimate of drug-likeness (QED) is 0.827. The lowest BCUT2D eigenvalue weighted by molar-refractivity contribution is -0.131. The SMILES string of the molecule is CCc1ccc(N(CCC(=O)N2CCc3ccccc3C2)C(C)=O)cc1. The predicted octanol–water partition coefficient (Wildman–Crippen LogP) is 3.58. The molecule has 0 aromatic heterocycles. The molecule has 0 saturated heterocycles. The predicted molar refractivity (Wildman–Crippen MR) is 104 cm³/mol. The molecule has 0 aliphatic carbocycles. The zero-order chi connectivity index (χ0) is 18.5. The number of nitrogens with zero attached hydrogens (tertiary/aromatic N) is 2. The molecule has 0 N–H and O–H groups in total. The van der Waals surface area contributed by atoms with E-state index in [0.717, 1.165) is 25.1 Å². The Bertz CT molecular complexity index is 783. The first-order valence-electron chi connectivity index (χ1n) is 9.30. The third kappa shape index (κ3) is 4.13. The first-order chi connectivity index (χ1) is 12.6. The van der Waals surface area contributed by atoms with Crippen LogP contribution in [0.3, 0.4) is 0 Å². The third-order valence-electron chi connectivity index (χ3n) is 5.07. The van der Waals surface area contributed by atoms with Gasteiger partial charge in [0.15, 0.2) is 0 Å². The van der Waals surface area contributed by atoms with Gasteiger partial charge >= 0.3 is 0 Å². The lowest BCUT2D eigenvalue weighted by Gasteiger charge is -2.30. The Morgan fingerprint density at radius 1 is 1.04 bits per heavy atom. The highest BCUT2D eigenvalue weighted by molar-refractivity contribution is 5.92.